The summed E-state index contributed by atoms with van der Waals surface area (Å²) in [5, 5.41) is 0. The molecular weight excluding hydrogens is 330 g/mol. The predicted octanol–water partition coefficient (Wildman–Crippen LogP) is 6.13. The molecule has 3 heteroatoms. The Morgan fingerprint density at radius 3 is 2.58 bits per heavy atom. The highest BCUT2D eigenvalue weighted by molar-refractivity contribution is 8.24. The van der Waals surface area contributed by atoms with Crippen LogP contribution in [0.1, 0.15) is 12.0 Å². The van der Waals surface area contributed by atoms with Crippen LogP contribution in [-0.2, 0) is 0 Å². The van der Waals surface area contributed by atoms with Crippen LogP contribution in [0.25, 0.3) is 5.57 Å². The lowest BCUT2D eigenvalue weighted by molar-refractivity contribution is 1.08. The van der Waals surface area contributed by atoms with Crippen LogP contribution in [0.5, 0.6) is 0 Å². The highest BCUT2D eigenvalue weighted by Gasteiger charge is 2.31. The number of para-hydroxylation sites is 2. The normalized spacial score (nSPS) is 15.7. The highest BCUT2D eigenvalue weighted by Crippen LogP contribution is 2.47. The molecule has 0 fully saturated rings. The van der Waals surface area contributed by atoms with Crippen LogP contribution in [0, 0.1) is 0 Å². The van der Waals surface area contributed by atoms with Gasteiger partial charge in [0.15, 0.2) is 0 Å². The third kappa shape index (κ3) is 2.45. The van der Waals surface area contributed by atoms with Crippen LogP contribution in [0.3, 0.4) is 0 Å². The fourth-order valence-electron chi connectivity index (χ4n) is 3.35. The molecule has 0 saturated heterocycles. The van der Waals surface area contributed by atoms with Gasteiger partial charge in [0.05, 0.1) is 15.6 Å². The Morgan fingerprint density at radius 2 is 1.79 bits per heavy atom. The number of fused-ring (bicyclic) bond motifs is 2. The zero-order valence-electron chi connectivity index (χ0n) is 13.4. The van der Waals surface area contributed by atoms with Crippen molar-refractivity contribution in [2.45, 2.75) is 6.42 Å². The molecule has 0 saturated carbocycles. The second kappa shape index (κ2) is 6.42. The maximum atomic E-state index is 5.71. The van der Waals surface area contributed by atoms with E-state index in [0.29, 0.717) is 0 Å². The van der Waals surface area contributed by atoms with Gasteiger partial charge in [-0.05, 0) is 42.5 Å². The molecule has 1 aliphatic heterocycles. The van der Waals surface area contributed by atoms with Gasteiger partial charge < -0.3 is 4.90 Å². The molecule has 0 unspecified atom stereocenters. The van der Waals surface area contributed by atoms with Crippen molar-refractivity contribution in [1.29, 1.82) is 0 Å². The Balaban J connectivity index is 2.02. The van der Waals surface area contributed by atoms with Crippen molar-refractivity contribution in [2.75, 3.05) is 11.2 Å². The summed E-state index contributed by atoms with van der Waals surface area (Å²) in [7, 11) is 0. The molecule has 24 heavy (non-hydrogen) atoms. The van der Waals surface area contributed by atoms with Crippen LogP contribution in [0.15, 0.2) is 84.1 Å². The first-order valence-corrected chi connectivity index (χ1v) is 9.58. The zero-order chi connectivity index (χ0) is 16.5. The molecule has 0 bridgehead atoms. The topological polar surface area (TPSA) is 3.24 Å². The lowest BCUT2D eigenvalue weighted by Gasteiger charge is -2.37. The highest BCUT2D eigenvalue weighted by atomic mass is 32.2. The van der Waals surface area contributed by atoms with Crippen molar-refractivity contribution in [1.82, 2.24) is 0 Å². The van der Waals surface area contributed by atoms with Crippen LogP contribution in [0.4, 0.5) is 11.4 Å². The number of nitrogens with zero attached hydrogens (tertiary/aromatic N) is 1. The van der Waals surface area contributed by atoms with Crippen molar-refractivity contribution < 1.29 is 0 Å². The summed E-state index contributed by atoms with van der Waals surface area (Å²) < 4.78 is 0.964. The second-order valence-corrected chi connectivity index (χ2v) is 7.20. The summed E-state index contributed by atoms with van der Waals surface area (Å²) in [5.74, 6) is 0. The van der Waals surface area contributed by atoms with E-state index >= 15 is 0 Å². The molecule has 2 aromatic rings. The third-order valence-corrected chi connectivity index (χ3v) is 5.66. The summed E-state index contributed by atoms with van der Waals surface area (Å²) in [6.45, 7) is 0. The van der Waals surface area contributed by atoms with Crippen molar-refractivity contribution in [3.63, 3.8) is 0 Å². The summed E-state index contributed by atoms with van der Waals surface area (Å²) >= 11 is 7.36. The standard InChI is InChI=1S/C21H17NS2/c1-24-21(23)20-16-11-5-7-13-18(16)22(15-9-3-2-4-10-15)19-14-8-6-12-17(19)20/h2-11,13-14H,12H2,1H3. The molecule has 0 radical (unpaired) electrons. The minimum atomic E-state index is 0.916. The van der Waals surface area contributed by atoms with Gasteiger partial charge in [-0.2, -0.15) is 0 Å². The van der Waals surface area contributed by atoms with Gasteiger partial charge >= 0.3 is 0 Å². The Bertz CT molecular complexity index is 891. The van der Waals surface area contributed by atoms with E-state index in [0.717, 1.165) is 10.6 Å². The maximum Gasteiger partial charge on any atom is 0.0786 e. The van der Waals surface area contributed by atoms with E-state index in [9.17, 15) is 0 Å². The van der Waals surface area contributed by atoms with Crippen molar-refractivity contribution in [3.8, 4) is 0 Å². The van der Waals surface area contributed by atoms with E-state index in [1.165, 1.54) is 33.8 Å². The molecule has 4 rings (SSSR count). The summed E-state index contributed by atoms with van der Waals surface area (Å²) in [4.78, 5) is 2.35. The van der Waals surface area contributed by atoms with E-state index < -0.39 is 0 Å². The van der Waals surface area contributed by atoms with Crippen LogP contribution >= 0.6 is 24.0 Å². The second-order valence-electron chi connectivity index (χ2n) is 5.72. The predicted molar refractivity (Wildman–Crippen MR) is 110 cm³/mol. The third-order valence-electron chi connectivity index (χ3n) is 4.38. The van der Waals surface area contributed by atoms with Gasteiger partial charge in [-0.1, -0.05) is 60.8 Å². The summed E-state index contributed by atoms with van der Waals surface area (Å²) in [5.41, 5.74) is 7.37. The van der Waals surface area contributed by atoms with Crippen LogP contribution in [-0.4, -0.2) is 10.5 Å². The SMILES string of the molecule is CSC(=S)C1=C2CC=CC=C2N(c2ccccc2)c2ccccc21. The summed E-state index contributed by atoms with van der Waals surface area (Å²) in [6, 6.07) is 19.1. The molecular formula is C21H17NS2. The molecule has 1 aliphatic carbocycles. The molecule has 1 nitrogen and oxygen atoms in total. The molecule has 118 valence electrons. The van der Waals surface area contributed by atoms with E-state index in [-0.39, 0.29) is 0 Å². The van der Waals surface area contributed by atoms with E-state index in [1.807, 2.05) is 0 Å². The van der Waals surface area contributed by atoms with Crippen molar-refractivity contribution >= 4 is 45.1 Å². The average Bonchev–Trinajstić information content (AvgIpc) is 2.66. The lowest BCUT2D eigenvalue weighted by atomic mass is 9.87. The fourth-order valence-corrected chi connectivity index (χ4v) is 4.02. The number of allylic oxidation sites excluding steroid dienone is 4. The molecule has 0 amide bonds. The molecule has 0 spiro atoms. The first-order chi connectivity index (χ1) is 11.8. The van der Waals surface area contributed by atoms with E-state index in [4.69, 9.17) is 12.2 Å². The minimum Gasteiger partial charge on any atom is -0.310 e. The monoisotopic (exact) mass is 347 g/mol. The Kier molecular flexibility index (Phi) is 4.13. The van der Waals surface area contributed by atoms with Crippen LogP contribution < -0.4 is 4.90 Å². The number of rotatable bonds is 2. The summed E-state index contributed by atoms with van der Waals surface area (Å²) in [6.07, 6.45) is 9.52. The quantitative estimate of drug-likeness (QED) is 0.602. The number of benzene rings is 2. The Hall–Kier alpha value is -2.10. The number of thiocarbonyl (C=S) groups is 1. The molecule has 0 atom stereocenters. The van der Waals surface area contributed by atoms with Gasteiger partial charge in [0, 0.05) is 16.8 Å². The molecule has 1 heterocycles. The van der Waals surface area contributed by atoms with E-state index in [2.05, 4.69) is 84.0 Å². The first kappa shape index (κ1) is 15.4. The van der Waals surface area contributed by atoms with Gasteiger partial charge in [0.25, 0.3) is 0 Å². The van der Waals surface area contributed by atoms with Crippen LogP contribution in [0.2, 0.25) is 0 Å². The van der Waals surface area contributed by atoms with Crippen molar-refractivity contribution in [2.24, 2.45) is 0 Å². The fraction of sp³-hybridized carbons (Fsp3) is 0.0952. The van der Waals surface area contributed by atoms with Crippen molar-refractivity contribution in [3.05, 3.63) is 89.7 Å². The van der Waals surface area contributed by atoms with E-state index in [1.54, 1.807) is 11.8 Å². The minimum absolute atomic E-state index is 0.916. The van der Waals surface area contributed by atoms with Gasteiger partial charge in [-0.25, -0.2) is 0 Å². The van der Waals surface area contributed by atoms with Gasteiger partial charge in [0.2, 0.25) is 0 Å². The number of anilines is 2. The number of thioether (sulfide) groups is 1. The molecule has 0 aromatic heterocycles. The zero-order valence-corrected chi connectivity index (χ0v) is 15.0. The molecule has 0 N–H and O–H groups in total. The maximum absolute atomic E-state index is 5.71. The molecule has 2 aliphatic rings. The van der Waals surface area contributed by atoms with Gasteiger partial charge in [0.1, 0.15) is 0 Å². The first-order valence-electron chi connectivity index (χ1n) is 7.94. The lowest BCUT2D eigenvalue weighted by Crippen LogP contribution is -2.25. The number of hydrogen-bond acceptors (Lipinski definition) is 3. The number of hydrogen-bond donors (Lipinski definition) is 0. The average molecular weight is 348 g/mol. The molecule has 2 aromatic carbocycles. The largest absolute Gasteiger partial charge is 0.310 e. The Labute approximate surface area is 152 Å². The van der Waals surface area contributed by atoms with Gasteiger partial charge in [-0.3, -0.25) is 0 Å². The Morgan fingerprint density at radius 1 is 1.04 bits per heavy atom. The smallest absolute Gasteiger partial charge is 0.0786 e. The van der Waals surface area contributed by atoms with Gasteiger partial charge in [-0.15, -0.1) is 11.8 Å².